The van der Waals surface area contributed by atoms with Crippen molar-refractivity contribution in [3.8, 4) is 6.07 Å². The first-order valence-electron chi connectivity index (χ1n) is 4.44. The molecule has 0 saturated carbocycles. The summed E-state index contributed by atoms with van der Waals surface area (Å²) in [6, 6.07) is 7.50. The molecule has 0 bridgehead atoms. The maximum atomic E-state index is 8.91. The Morgan fingerprint density at radius 1 is 1.57 bits per heavy atom. The predicted octanol–water partition coefficient (Wildman–Crippen LogP) is 1.51. The molecular weight excluding hydrogens is 176 g/mol. The summed E-state index contributed by atoms with van der Waals surface area (Å²) in [5.74, 6) is 0. The Morgan fingerprint density at radius 2 is 2.29 bits per heavy atom. The van der Waals surface area contributed by atoms with Crippen molar-refractivity contribution < 1.29 is 4.74 Å². The van der Waals surface area contributed by atoms with E-state index in [9.17, 15) is 0 Å². The quantitative estimate of drug-likeness (QED) is 0.786. The van der Waals surface area contributed by atoms with Crippen LogP contribution in [0.2, 0.25) is 0 Å². The molecule has 1 atom stereocenters. The Kier molecular flexibility index (Phi) is 3.63. The lowest BCUT2D eigenvalue weighted by molar-refractivity contribution is 0.180. The Bertz CT molecular complexity index is 355. The third-order valence-electron chi connectivity index (χ3n) is 2.16. The lowest BCUT2D eigenvalue weighted by Crippen LogP contribution is -2.18. The van der Waals surface area contributed by atoms with E-state index in [1.165, 1.54) is 0 Å². The summed E-state index contributed by atoms with van der Waals surface area (Å²) in [5, 5.41) is 8.91. The lowest BCUT2D eigenvalue weighted by atomic mass is 9.97. The molecule has 14 heavy (non-hydrogen) atoms. The van der Waals surface area contributed by atoms with Gasteiger partial charge in [0.05, 0.1) is 24.3 Å². The summed E-state index contributed by atoms with van der Waals surface area (Å²) in [5.41, 5.74) is 8.46. The van der Waals surface area contributed by atoms with Gasteiger partial charge in [-0.2, -0.15) is 5.26 Å². The molecule has 0 aliphatic carbocycles. The van der Waals surface area contributed by atoms with Crippen molar-refractivity contribution in [2.24, 2.45) is 5.73 Å². The van der Waals surface area contributed by atoms with Crippen LogP contribution in [0.1, 0.15) is 22.7 Å². The van der Waals surface area contributed by atoms with Crippen LogP contribution in [0.4, 0.5) is 0 Å². The number of hydrogen-bond donors (Lipinski definition) is 1. The highest BCUT2D eigenvalue weighted by Crippen LogP contribution is 2.20. The number of methoxy groups -OCH3 is 1. The van der Waals surface area contributed by atoms with E-state index in [1.807, 2.05) is 19.1 Å². The fourth-order valence-electron chi connectivity index (χ4n) is 1.53. The lowest BCUT2D eigenvalue weighted by Gasteiger charge is -2.14. The molecule has 2 N–H and O–H groups in total. The van der Waals surface area contributed by atoms with Crippen molar-refractivity contribution in [1.29, 1.82) is 5.26 Å². The number of nitrogens with zero attached hydrogens (tertiary/aromatic N) is 1. The standard InChI is InChI=1S/C11H14N2O/c1-8-4-3-5-9(6-12)11(8)10(13)7-14-2/h3-5,10H,7,13H2,1-2H3/t10-/m1/s1. The van der Waals surface area contributed by atoms with E-state index >= 15 is 0 Å². The number of aryl methyl sites for hydroxylation is 1. The summed E-state index contributed by atoms with van der Waals surface area (Å²) in [6.07, 6.45) is 0. The largest absolute Gasteiger partial charge is 0.383 e. The number of nitriles is 1. The van der Waals surface area contributed by atoms with Crippen molar-refractivity contribution in [2.45, 2.75) is 13.0 Å². The Balaban J connectivity index is 3.11. The van der Waals surface area contributed by atoms with Crippen LogP contribution >= 0.6 is 0 Å². The molecule has 74 valence electrons. The van der Waals surface area contributed by atoms with Gasteiger partial charge < -0.3 is 10.5 Å². The van der Waals surface area contributed by atoms with Crippen molar-refractivity contribution in [1.82, 2.24) is 0 Å². The zero-order chi connectivity index (χ0) is 10.6. The summed E-state index contributed by atoms with van der Waals surface area (Å²) >= 11 is 0. The second-order valence-electron chi connectivity index (χ2n) is 3.21. The van der Waals surface area contributed by atoms with Crippen LogP contribution in [0.5, 0.6) is 0 Å². The first kappa shape index (κ1) is 10.7. The minimum absolute atomic E-state index is 0.226. The average molecular weight is 190 g/mol. The fraction of sp³-hybridized carbons (Fsp3) is 0.364. The number of ether oxygens (including phenoxy) is 1. The number of rotatable bonds is 3. The normalized spacial score (nSPS) is 12.1. The fourth-order valence-corrected chi connectivity index (χ4v) is 1.53. The van der Waals surface area contributed by atoms with Crippen LogP contribution in [0.15, 0.2) is 18.2 Å². The summed E-state index contributed by atoms with van der Waals surface area (Å²) < 4.78 is 4.98. The summed E-state index contributed by atoms with van der Waals surface area (Å²) in [7, 11) is 1.60. The van der Waals surface area contributed by atoms with Gasteiger partial charge in [0.2, 0.25) is 0 Å². The average Bonchev–Trinajstić information content (AvgIpc) is 2.17. The Morgan fingerprint density at radius 3 is 2.86 bits per heavy atom. The van der Waals surface area contributed by atoms with Gasteiger partial charge in [-0.3, -0.25) is 0 Å². The SMILES string of the molecule is COC[C@@H](N)c1c(C)cccc1C#N. The van der Waals surface area contributed by atoms with E-state index < -0.39 is 0 Å². The first-order chi connectivity index (χ1) is 6.70. The van der Waals surface area contributed by atoms with Gasteiger partial charge in [-0.1, -0.05) is 12.1 Å². The minimum Gasteiger partial charge on any atom is -0.383 e. The van der Waals surface area contributed by atoms with E-state index in [4.69, 9.17) is 15.7 Å². The van der Waals surface area contributed by atoms with E-state index in [0.717, 1.165) is 11.1 Å². The van der Waals surface area contributed by atoms with Crippen molar-refractivity contribution in [3.63, 3.8) is 0 Å². The Labute approximate surface area is 84.1 Å². The van der Waals surface area contributed by atoms with Crippen LogP contribution in [-0.2, 0) is 4.74 Å². The monoisotopic (exact) mass is 190 g/mol. The van der Waals surface area contributed by atoms with E-state index in [0.29, 0.717) is 12.2 Å². The van der Waals surface area contributed by atoms with Crippen LogP contribution in [-0.4, -0.2) is 13.7 Å². The van der Waals surface area contributed by atoms with Gasteiger partial charge in [-0.15, -0.1) is 0 Å². The third kappa shape index (κ3) is 2.11. The summed E-state index contributed by atoms with van der Waals surface area (Å²) in [6.45, 7) is 2.38. The van der Waals surface area contributed by atoms with E-state index in [2.05, 4.69) is 6.07 Å². The molecular formula is C11H14N2O. The van der Waals surface area contributed by atoms with Crippen molar-refractivity contribution in [2.75, 3.05) is 13.7 Å². The number of nitrogens with two attached hydrogens (primary N) is 1. The molecule has 3 nitrogen and oxygen atoms in total. The Hall–Kier alpha value is -1.37. The van der Waals surface area contributed by atoms with Gasteiger partial charge in [0.25, 0.3) is 0 Å². The number of hydrogen-bond acceptors (Lipinski definition) is 3. The highest BCUT2D eigenvalue weighted by Gasteiger charge is 2.12. The van der Waals surface area contributed by atoms with Crippen LogP contribution in [0.25, 0.3) is 0 Å². The van der Waals surface area contributed by atoms with E-state index in [-0.39, 0.29) is 6.04 Å². The molecule has 0 aliphatic rings. The molecule has 0 spiro atoms. The molecule has 1 aromatic carbocycles. The van der Waals surface area contributed by atoms with E-state index in [1.54, 1.807) is 13.2 Å². The van der Waals surface area contributed by atoms with Gasteiger partial charge >= 0.3 is 0 Å². The predicted molar refractivity (Wildman–Crippen MR) is 54.7 cm³/mol. The van der Waals surface area contributed by atoms with Gasteiger partial charge in [-0.05, 0) is 24.1 Å². The van der Waals surface area contributed by atoms with Gasteiger partial charge in [0.15, 0.2) is 0 Å². The van der Waals surface area contributed by atoms with Crippen LogP contribution in [0, 0.1) is 18.3 Å². The van der Waals surface area contributed by atoms with Gasteiger partial charge in [-0.25, -0.2) is 0 Å². The zero-order valence-electron chi connectivity index (χ0n) is 8.45. The molecule has 0 aromatic heterocycles. The van der Waals surface area contributed by atoms with Crippen LogP contribution < -0.4 is 5.73 Å². The molecule has 1 rings (SSSR count). The first-order valence-corrected chi connectivity index (χ1v) is 4.44. The third-order valence-corrected chi connectivity index (χ3v) is 2.16. The second-order valence-corrected chi connectivity index (χ2v) is 3.21. The maximum Gasteiger partial charge on any atom is 0.0995 e. The second kappa shape index (κ2) is 4.75. The molecule has 0 saturated heterocycles. The molecule has 0 fully saturated rings. The maximum absolute atomic E-state index is 8.91. The van der Waals surface area contributed by atoms with Crippen molar-refractivity contribution >= 4 is 0 Å². The van der Waals surface area contributed by atoms with Gasteiger partial charge in [0.1, 0.15) is 0 Å². The molecule has 0 radical (unpaired) electrons. The highest BCUT2D eigenvalue weighted by molar-refractivity contribution is 5.44. The highest BCUT2D eigenvalue weighted by atomic mass is 16.5. The van der Waals surface area contributed by atoms with Crippen LogP contribution in [0.3, 0.4) is 0 Å². The molecule has 0 aliphatic heterocycles. The topological polar surface area (TPSA) is 59.0 Å². The number of benzene rings is 1. The van der Waals surface area contributed by atoms with Gasteiger partial charge in [0, 0.05) is 7.11 Å². The molecule has 0 unspecified atom stereocenters. The summed E-state index contributed by atoms with van der Waals surface area (Å²) in [4.78, 5) is 0. The van der Waals surface area contributed by atoms with Crippen molar-refractivity contribution in [3.05, 3.63) is 34.9 Å². The molecule has 0 amide bonds. The molecule has 0 heterocycles. The minimum atomic E-state index is -0.226. The molecule has 1 aromatic rings. The molecule has 3 heteroatoms. The zero-order valence-corrected chi connectivity index (χ0v) is 8.45. The smallest absolute Gasteiger partial charge is 0.0995 e.